The van der Waals surface area contributed by atoms with Gasteiger partial charge in [0.25, 0.3) is 0 Å². The van der Waals surface area contributed by atoms with Crippen molar-refractivity contribution >= 4 is 15.9 Å². The molecule has 1 aromatic carbocycles. The zero-order valence-electron chi connectivity index (χ0n) is 18.7. The third-order valence-electron chi connectivity index (χ3n) is 6.66. The van der Waals surface area contributed by atoms with Crippen molar-refractivity contribution in [1.29, 1.82) is 0 Å². The number of benzene rings is 1. The van der Waals surface area contributed by atoms with E-state index in [0.29, 0.717) is 42.5 Å². The SMILES string of the molecule is COCC1C[SH]2C(=N1)C1(CCCCC1)OC(C)CCCOCCc1ccc2c(F)c1F. The summed E-state index contributed by atoms with van der Waals surface area (Å²) in [6, 6.07) is 3.49. The van der Waals surface area contributed by atoms with E-state index in [1.54, 1.807) is 19.2 Å². The van der Waals surface area contributed by atoms with Crippen molar-refractivity contribution in [2.75, 3.05) is 32.7 Å². The summed E-state index contributed by atoms with van der Waals surface area (Å²) in [4.78, 5) is 5.54. The topological polar surface area (TPSA) is 40.0 Å². The lowest BCUT2D eigenvalue weighted by Crippen LogP contribution is -2.45. The van der Waals surface area contributed by atoms with Crippen molar-refractivity contribution in [2.24, 2.45) is 4.99 Å². The molecule has 1 aromatic rings. The first-order valence-electron chi connectivity index (χ1n) is 11.6. The highest BCUT2D eigenvalue weighted by atomic mass is 32.2. The zero-order chi connectivity index (χ0) is 21.8. The second-order valence-electron chi connectivity index (χ2n) is 9.03. The first-order chi connectivity index (χ1) is 15.0. The van der Waals surface area contributed by atoms with Gasteiger partial charge < -0.3 is 14.2 Å². The number of ether oxygens (including phenoxy) is 3. The number of halogens is 2. The minimum atomic E-state index is -1.11. The number of hydrogen-bond acceptors (Lipinski definition) is 4. The molecule has 1 saturated carbocycles. The predicted molar refractivity (Wildman–Crippen MR) is 122 cm³/mol. The molecule has 3 aliphatic heterocycles. The van der Waals surface area contributed by atoms with Crippen LogP contribution in [0.2, 0.25) is 0 Å². The number of fused-ring (bicyclic) bond motifs is 9. The second kappa shape index (κ2) is 10.3. The Balaban J connectivity index is 1.78. The Bertz CT molecular complexity index is 797. The van der Waals surface area contributed by atoms with Gasteiger partial charge in [-0.2, -0.15) is 10.9 Å². The number of thiol groups is 1. The van der Waals surface area contributed by atoms with Gasteiger partial charge in [0, 0.05) is 24.4 Å². The molecule has 0 N–H and O–H groups in total. The minimum absolute atomic E-state index is 0.0294. The van der Waals surface area contributed by atoms with Gasteiger partial charge in [-0.1, -0.05) is 25.3 Å². The van der Waals surface area contributed by atoms with Crippen molar-refractivity contribution < 1.29 is 23.0 Å². The predicted octanol–water partition coefficient (Wildman–Crippen LogP) is 5.21. The van der Waals surface area contributed by atoms with Gasteiger partial charge in [-0.15, -0.1) is 0 Å². The van der Waals surface area contributed by atoms with E-state index in [2.05, 4.69) is 6.92 Å². The maximum atomic E-state index is 15.3. The Morgan fingerprint density at radius 2 is 1.94 bits per heavy atom. The average molecular weight is 456 g/mol. The van der Waals surface area contributed by atoms with Gasteiger partial charge in [0.05, 0.1) is 30.4 Å². The highest BCUT2D eigenvalue weighted by Gasteiger charge is 2.46. The van der Waals surface area contributed by atoms with Gasteiger partial charge in [0.1, 0.15) is 5.60 Å². The zero-order valence-corrected chi connectivity index (χ0v) is 19.6. The number of aliphatic imine (C=N–C) groups is 1. The average Bonchev–Trinajstić information content (AvgIpc) is 3.18. The molecule has 174 valence electrons. The summed E-state index contributed by atoms with van der Waals surface area (Å²) in [5.74, 6) is -0.764. The fraction of sp³-hybridized carbons (Fsp3) is 0.708. The molecule has 0 radical (unpaired) electrons. The molecule has 4 aliphatic rings. The third-order valence-corrected chi connectivity index (χ3v) is 9.40. The maximum absolute atomic E-state index is 15.3. The molecule has 1 fully saturated rings. The molecule has 1 spiro atoms. The summed E-state index contributed by atoms with van der Waals surface area (Å²) in [6.07, 6.45) is 7.35. The smallest absolute Gasteiger partial charge is 0.171 e. The number of rotatable bonds is 2. The molecule has 3 atom stereocenters. The molecule has 7 heteroatoms. The summed E-state index contributed by atoms with van der Waals surface area (Å²) >= 11 is 0. The van der Waals surface area contributed by atoms with Crippen LogP contribution in [0.15, 0.2) is 22.0 Å². The van der Waals surface area contributed by atoms with Crippen molar-refractivity contribution in [3.63, 3.8) is 0 Å². The monoisotopic (exact) mass is 455 g/mol. The van der Waals surface area contributed by atoms with Crippen molar-refractivity contribution in [3.05, 3.63) is 29.3 Å². The van der Waals surface area contributed by atoms with E-state index >= 15 is 4.39 Å². The van der Waals surface area contributed by atoms with E-state index in [1.807, 2.05) is 0 Å². The Morgan fingerprint density at radius 1 is 1.13 bits per heavy atom. The summed E-state index contributed by atoms with van der Waals surface area (Å²) in [5, 5.41) is 0.966. The lowest BCUT2D eigenvalue weighted by molar-refractivity contribution is -0.0648. The van der Waals surface area contributed by atoms with E-state index in [-0.39, 0.29) is 12.1 Å². The molecule has 3 heterocycles. The quantitative estimate of drug-likeness (QED) is 0.622. The fourth-order valence-corrected chi connectivity index (χ4v) is 8.00. The number of hydrogen-bond donors (Lipinski definition) is 1. The summed E-state index contributed by atoms with van der Waals surface area (Å²) in [7, 11) is 0.557. The van der Waals surface area contributed by atoms with Crippen LogP contribution in [-0.2, 0) is 20.6 Å². The number of methoxy groups -OCH3 is 1. The van der Waals surface area contributed by atoms with Crippen molar-refractivity contribution in [1.82, 2.24) is 0 Å². The Morgan fingerprint density at radius 3 is 2.71 bits per heavy atom. The van der Waals surface area contributed by atoms with Crippen LogP contribution in [0.4, 0.5) is 8.78 Å². The first-order valence-corrected chi connectivity index (χ1v) is 13.1. The van der Waals surface area contributed by atoms with Gasteiger partial charge in [-0.3, -0.25) is 4.99 Å². The van der Waals surface area contributed by atoms with Gasteiger partial charge >= 0.3 is 0 Å². The molecule has 0 saturated heterocycles. The Labute approximate surface area is 187 Å². The van der Waals surface area contributed by atoms with E-state index < -0.39 is 28.1 Å². The van der Waals surface area contributed by atoms with E-state index in [0.717, 1.165) is 43.6 Å². The molecule has 2 bridgehead atoms. The second-order valence-corrected chi connectivity index (χ2v) is 11.2. The molecule has 1 aliphatic carbocycles. The lowest BCUT2D eigenvalue weighted by atomic mass is 9.85. The van der Waals surface area contributed by atoms with Crippen LogP contribution < -0.4 is 0 Å². The molecular weight excluding hydrogens is 420 g/mol. The van der Waals surface area contributed by atoms with Gasteiger partial charge in [-0.25, -0.2) is 8.78 Å². The minimum Gasteiger partial charge on any atom is -0.382 e. The van der Waals surface area contributed by atoms with E-state index in [4.69, 9.17) is 19.2 Å². The van der Waals surface area contributed by atoms with Crippen molar-refractivity contribution in [2.45, 2.75) is 80.9 Å². The normalized spacial score (nSPS) is 30.5. The van der Waals surface area contributed by atoms with Crippen LogP contribution in [-0.4, -0.2) is 55.5 Å². The van der Waals surface area contributed by atoms with Crippen LogP contribution >= 0.6 is 10.9 Å². The first kappa shape index (κ1) is 23.1. The molecule has 0 amide bonds. The molecule has 0 aromatic heterocycles. The Kier molecular flexibility index (Phi) is 7.68. The lowest BCUT2D eigenvalue weighted by Gasteiger charge is -2.42. The maximum Gasteiger partial charge on any atom is 0.171 e. The highest BCUT2D eigenvalue weighted by molar-refractivity contribution is 8.30. The largest absolute Gasteiger partial charge is 0.382 e. The van der Waals surface area contributed by atoms with Crippen LogP contribution in [0.5, 0.6) is 0 Å². The van der Waals surface area contributed by atoms with Gasteiger partial charge in [-0.05, 0) is 50.7 Å². The van der Waals surface area contributed by atoms with Crippen LogP contribution in [0, 0.1) is 11.6 Å². The molecule has 31 heavy (non-hydrogen) atoms. The Hall–Kier alpha value is -1.02. The summed E-state index contributed by atoms with van der Waals surface area (Å²) in [5.41, 5.74) is -0.0941. The summed E-state index contributed by atoms with van der Waals surface area (Å²) in [6.45, 7) is 3.61. The third kappa shape index (κ3) is 5.00. The summed E-state index contributed by atoms with van der Waals surface area (Å²) < 4.78 is 48.2. The number of nitrogens with zero attached hydrogens (tertiary/aromatic N) is 1. The molecule has 5 rings (SSSR count). The van der Waals surface area contributed by atoms with E-state index in [9.17, 15) is 4.39 Å². The fourth-order valence-electron chi connectivity index (χ4n) is 5.14. The molecule has 4 nitrogen and oxygen atoms in total. The highest BCUT2D eigenvalue weighted by Crippen LogP contribution is 2.52. The van der Waals surface area contributed by atoms with Crippen LogP contribution in [0.1, 0.15) is 57.4 Å². The standard InChI is InChI=1S/C24H35F2NO3S/c1-17-7-6-13-29-14-10-18-8-9-20(22(26)21(18)25)31-16-19(15-28-2)27-23(31)24(30-17)11-4-3-5-12-24/h8-9,17,19,31H,3-7,10-16H2,1-2H3. The van der Waals surface area contributed by atoms with Gasteiger partial charge in [0.2, 0.25) is 0 Å². The van der Waals surface area contributed by atoms with Crippen LogP contribution in [0.25, 0.3) is 0 Å². The van der Waals surface area contributed by atoms with Crippen molar-refractivity contribution in [3.8, 4) is 0 Å². The van der Waals surface area contributed by atoms with E-state index in [1.165, 1.54) is 6.42 Å². The van der Waals surface area contributed by atoms with Gasteiger partial charge in [0.15, 0.2) is 11.6 Å². The molecular formula is C24H35F2NO3S. The molecule has 3 unspecified atom stereocenters. The van der Waals surface area contributed by atoms with Crippen LogP contribution in [0.3, 0.4) is 0 Å².